The summed E-state index contributed by atoms with van der Waals surface area (Å²) < 4.78 is 38.8. The molecule has 0 saturated carbocycles. The van der Waals surface area contributed by atoms with Crippen molar-refractivity contribution in [3.63, 3.8) is 0 Å². The number of amides is 1. The number of rotatable bonds is 5. The van der Waals surface area contributed by atoms with Crippen LogP contribution in [0.4, 0.5) is 0 Å². The van der Waals surface area contributed by atoms with Gasteiger partial charge in [0.05, 0.1) is 17.5 Å². The fraction of sp³-hybridized carbons (Fsp3) is 0.320. The van der Waals surface area contributed by atoms with E-state index in [0.29, 0.717) is 31.3 Å². The van der Waals surface area contributed by atoms with Gasteiger partial charge in [-0.3, -0.25) is 4.79 Å². The number of benzene rings is 3. The summed E-state index contributed by atoms with van der Waals surface area (Å²) in [6.45, 7) is 1.41. The van der Waals surface area contributed by atoms with E-state index in [9.17, 15) is 13.2 Å². The second-order valence-corrected chi connectivity index (χ2v) is 10.5. The molecular formula is C25H26N2O5S. The molecule has 8 heteroatoms. The van der Waals surface area contributed by atoms with Gasteiger partial charge in [-0.15, -0.1) is 0 Å². The van der Waals surface area contributed by atoms with Gasteiger partial charge in [0, 0.05) is 13.6 Å². The van der Waals surface area contributed by atoms with Gasteiger partial charge in [-0.1, -0.05) is 36.4 Å². The first kappa shape index (κ1) is 21.7. The molecule has 0 spiro atoms. The van der Waals surface area contributed by atoms with Crippen LogP contribution in [0.15, 0.2) is 65.6 Å². The molecule has 5 rings (SSSR count). The lowest BCUT2D eigenvalue weighted by atomic mass is 10.0. The Bertz CT molecular complexity index is 1310. The van der Waals surface area contributed by atoms with Crippen LogP contribution in [0.1, 0.15) is 24.4 Å². The Hall–Kier alpha value is -3.10. The summed E-state index contributed by atoms with van der Waals surface area (Å²) >= 11 is 0. The number of likely N-dealkylation sites (N-methyl/N-ethyl adjacent to an activating group) is 1. The third-order valence-corrected chi connectivity index (χ3v) is 8.11. The third-order valence-electron chi connectivity index (χ3n) is 6.31. The van der Waals surface area contributed by atoms with Gasteiger partial charge < -0.3 is 14.4 Å². The average Bonchev–Trinajstić information content (AvgIpc) is 3.33. The van der Waals surface area contributed by atoms with Crippen molar-refractivity contribution >= 4 is 26.7 Å². The molecular weight excluding hydrogens is 440 g/mol. The van der Waals surface area contributed by atoms with E-state index >= 15 is 0 Å². The van der Waals surface area contributed by atoms with Gasteiger partial charge in [0.2, 0.25) is 15.9 Å². The molecule has 3 aromatic carbocycles. The Kier molecular flexibility index (Phi) is 5.72. The molecule has 1 amide bonds. The third kappa shape index (κ3) is 4.16. The average molecular weight is 467 g/mol. The molecule has 172 valence electrons. The molecule has 0 unspecified atom stereocenters. The van der Waals surface area contributed by atoms with Crippen LogP contribution in [-0.2, 0) is 14.8 Å². The Labute approximate surface area is 193 Å². The standard InChI is InChI=1S/C25H26N2O5S/c1-26(33(29,30)21-10-8-18-5-2-3-6-19(18)15-21)17-25(28)27-12-4-7-22(27)20-9-11-23-24(16-20)32-14-13-31-23/h2-3,5-6,8-11,15-16,22H,4,7,12-14,17H2,1H3/t22-/m1/s1. The second kappa shape index (κ2) is 8.68. The van der Waals surface area contributed by atoms with Gasteiger partial charge in [0.1, 0.15) is 13.2 Å². The van der Waals surface area contributed by atoms with Gasteiger partial charge >= 0.3 is 0 Å². The highest BCUT2D eigenvalue weighted by molar-refractivity contribution is 7.89. The van der Waals surface area contributed by atoms with E-state index in [1.807, 2.05) is 42.5 Å². The number of sulfonamides is 1. The van der Waals surface area contributed by atoms with E-state index < -0.39 is 10.0 Å². The fourth-order valence-corrected chi connectivity index (χ4v) is 5.71. The number of nitrogens with zero attached hydrogens (tertiary/aromatic N) is 2. The first-order valence-corrected chi connectivity index (χ1v) is 12.5. The molecule has 0 aliphatic carbocycles. The van der Waals surface area contributed by atoms with Crippen molar-refractivity contribution in [1.82, 2.24) is 9.21 Å². The summed E-state index contributed by atoms with van der Waals surface area (Å²) in [4.78, 5) is 15.1. The summed E-state index contributed by atoms with van der Waals surface area (Å²) in [6.07, 6.45) is 1.69. The van der Waals surface area contributed by atoms with E-state index in [4.69, 9.17) is 9.47 Å². The normalized spacial score (nSPS) is 18.1. The number of ether oxygens (including phenoxy) is 2. The van der Waals surface area contributed by atoms with Gasteiger partial charge in [-0.2, -0.15) is 4.31 Å². The number of hydrogen-bond acceptors (Lipinski definition) is 5. The monoisotopic (exact) mass is 466 g/mol. The molecule has 1 fully saturated rings. The van der Waals surface area contributed by atoms with Crippen LogP contribution in [0.3, 0.4) is 0 Å². The summed E-state index contributed by atoms with van der Waals surface area (Å²) in [7, 11) is -2.34. The topological polar surface area (TPSA) is 76.2 Å². The number of hydrogen-bond donors (Lipinski definition) is 0. The van der Waals surface area contributed by atoms with Gasteiger partial charge in [-0.25, -0.2) is 8.42 Å². The highest BCUT2D eigenvalue weighted by atomic mass is 32.2. The molecule has 0 radical (unpaired) electrons. The maximum Gasteiger partial charge on any atom is 0.243 e. The van der Waals surface area contributed by atoms with Crippen molar-refractivity contribution in [2.45, 2.75) is 23.8 Å². The molecule has 2 heterocycles. The molecule has 33 heavy (non-hydrogen) atoms. The summed E-state index contributed by atoms with van der Waals surface area (Å²) in [5.74, 6) is 1.19. The van der Waals surface area contributed by atoms with Crippen molar-refractivity contribution < 1.29 is 22.7 Å². The maximum atomic E-state index is 13.2. The molecule has 2 aliphatic heterocycles. The number of fused-ring (bicyclic) bond motifs is 2. The summed E-state index contributed by atoms with van der Waals surface area (Å²) in [5.41, 5.74) is 0.977. The lowest BCUT2D eigenvalue weighted by Gasteiger charge is -2.28. The van der Waals surface area contributed by atoms with Crippen molar-refractivity contribution in [3.05, 3.63) is 66.2 Å². The Balaban J connectivity index is 1.33. The van der Waals surface area contributed by atoms with E-state index in [0.717, 1.165) is 33.5 Å². The van der Waals surface area contributed by atoms with Crippen LogP contribution in [0.25, 0.3) is 10.8 Å². The summed E-state index contributed by atoms with van der Waals surface area (Å²) in [5, 5.41) is 1.81. The minimum Gasteiger partial charge on any atom is -0.486 e. The number of carbonyl (C=O) groups is 1. The smallest absolute Gasteiger partial charge is 0.243 e. The predicted octanol–water partition coefficient (Wildman–Crippen LogP) is 3.60. The molecule has 1 atom stereocenters. The second-order valence-electron chi connectivity index (χ2n) is 8.42. The van der Waals surface area contributed by atoms with Crippen LogP contribution in [-0.4, -0.2) is 56.9 Å². The molecule has 0 aromatic heterocycles. The Morgan fingerprint density at radius 1 is 1.00 bits per heavy atom. The largest absolute Gasteiger partial charge is 0.486 e. The van der Waals surface area contributed by atoms with Crippen LogP contribution in [0.2, 0.25) is 0 Å². The number of carbonyl (C=O) groups excluding carboxylic acids is 1. The van der Waals surface area contributed by atoms with Crippen molar-refractivity contribution in [2.24, 2.45) is 0 Å². The van der Waals surface area contributed by atoms with Crippen LogP contribution in [0, 0.1) is 0 Å². The van der Waals surface area contributed by atoms with Crippen molar-refractivity contribution in [2.75, 3.05) is 33.4 Å². The van der Waals surface area contributed by atoms with E-state index in [-0.39, 0.29) is 23.4 Å². The highest BCUT2D eigenvalue weighted by Crippen LogP contribution is 2.38. The zero-order valence-corrected chi connectivity index (χ0v) is 19.3. The molecule has 3 aromatic rings. The zero-order valence-electron chi connectivity index (χ0n) is 18.4. The van der Waals surface area contributed by atoms with Gasteiger partial charge in [0.15, 0.2) is 11.5 Å². The van der Waals surface area contributed by atoms with Crippen molar-refractivity contribution in [1.29, 1.82) is 0 Å². The minimum atomic E-state index is -3.80. The van der Waals surface area contributed by atoms with E-state index in [1.165, 1.54) is 7.05 Å². The summed E-state index contributed by atoms with van der Waals surface area (Å²) in [6, 6.07) is 18.3. The first-order chi connectivity index (χ1) is 15.9. The highest BCUT2D eigenvalue weighted by Gasteiger charge is 2.33. The van der Waals surface area contributed by atoms with E-state index in [1.54, 1.807) is 23.1 Å². The van der Waals surface area contributed by atoms with Gasteiger partial charge in [-0.05, 0) is 53.4 Å². The lowest BCUT2D eigenvalue weighted by molar-refractivity contribution is -0.132. The van der Waals surface area contributed by atoms with Gasteiger partial charge in [0.25, 0.3) is 0 Å². The molecule has 0 N–H and O–H groups in total. The predicted molar refractivity (Wildman–Crippen MR) is 125 cm³/mol. The first-order valence-electron chi connectivity index (χ1n) is 11.1. The maximum absolute atomic E-state index is 13.2. The fourth-order valence-electron chi connectivity index (χ4n) is 4.55. The Morgan fingerprint density at radius 3 is 2.58 bits per heavy atom. The molecule has 1 saturated heterocycles. The van der Waals surface area contributed by atoms with E-state index in [2.05, 4.69) is 0 Å². The quantitative estimate of drug-likeness (QED) is 0.574. The SMILES string of the molecule is CN(CC(=O)N1CCC[C@@H]1c1ccc2c(c1)OCCO2)S(=O)(=O)c1ccc2ccccc2c1. The minimum absolute atomic E-state index is 0.106. The lowest BCUT2D eigenvalue weighted by Crippen LogP contribution is -2.40. The molecule has 7 nitrogen and oxygen atoms in total. The van der Waals surface area contributed by atoms with Crippen LogP contribution >= 0.6 is 0 Å². The molecule has 2 aliphatic rings. The van der Waals surface area contributed by atoms with Crippen LogP contribution in [0.5, 0.6) is 11.5 Å². The van der Waals surface area contributed by atoms with Crippen LogP contribution < -0.4 is 9.47 Å². The molecule has 0 bridgehead atoms. The number of likely N-dealkylation sites (tertiary alicyclic amines) is 1. The Morgan fingerprint density at radius 2 is 1.76 bits per heavy atom. The van der Waals surface area contributed by atoms with Crippen molar-refractivity contribution in [3.8, 4) is 11.5 Å². The zero-order chi connectivity index (χ0) is 23.0.